The van der Waals surface area contributed by atoms with Gasteiger partial charge in [-0.1, -0.05) is 31.5 Å². The van der Waals surface area contributed by atoms with E-state index in [0.717, 1.165) is 29.8 Å². The van der Waals surface area contributed by atoms with E-state index in [1.54, 1.807) is 31.1 Å². The molecule has 0 unspecified atom stereocenters. The summed E-state index contributed by atoms with van der Waals surface area (Å²) in [5.74, 6) is 0.604. The Bertz CT molecular complexity index is 1090. The van der Waals surface area contributed by atoms with Gasteiger partial charge in [0.05, 0.1) is 18.6 Å². The topological polar surface area (TPSA) is 77.6 Å². The number of carbonyl (C=O) groups is 1. The molecule has 1 heterocycles. The number of aromatic nitrogens is 1. The van der Waals surface area contributed by atoms with Gasteiger partial charge in [0.1, 0.15) is 5.75 Å². The van der Waals surface area contributed by atoms with Crippen molar-refractivity contribution in [1.82, 2.24) is 9.47 Å². The minimum Gasteiger partial charge on any atom is -0.497 e. The number of aryl methyl sites for hydroxylation is 1. The van der Waals surface area contributed by atoms with Crippen molar-refractivity contribution >= 4 is 11.6 Å². The molecule has 32 heavy (non-hydrogen) atoms. The number of nitro benzene ring substituents is 1. The number of ether oxygens (including phenoxy) is 1. The van der Waals surface area contributed by atoms with E-state index in [4.69, 9.17) is 4.74 Å². The first-order valence-electron chi connectivity index (χ1n) is 10.7. The number of nitro groups is 1. The van der Waals surface area contributed by atoms with E-state index < -0.39 is 4.92 Å². The smallest absolute Gasteiger partial charge is 0.273 e. The van der Waals surface area contributed by atoms with Crippen LogP contribution in [0.4, 0.5) is 5.69 Å². The van der Waals surface area contributed by atoms with Crippen LogP contribution < -0.4 is 4.74 Å². The second-order valence-electron chi connectivity index (χ2n) is 7.82. The van der Waals surface area contributed by atoms with Crippen molar-refractivity contribution in [3.8, 4) is 5.75 Å². The first-order valence-corrected chi connectivity index (χ1v) is 10.7. The summed E-state index contributed by atoms with van der Waals surface area (Å²) in [4.78, 5) is 26.0. The zero-order chi connectivity index (χ0) is 23.1. The number of benzene rings is 2. The number of amides is 1. The van der Waals surface area contributed by atoms with Crippen molar-refractivity contribution < 1.29 is 14.5 Å². The molecule has 1 amide bonds. The van der Waals surface area contributed by atoms with Crippen LogP contribution in [0.3, 0.4) is 0 Å². The summed E-state index contributed by atoms with van der Waals surface area (Å²) in [5, 5.41) is 11.3. The predicted molar refractivity (Wildman–Crippen MR) is 124 cm³/mol. The molecule has 0 aliphatic carbocycles. The van der Waals surface area contributed by atoms with Gasteiger partial charge in [0.2, 0.25) is 0 Å². The Labute approximate surface area is 188 Å². The first-order chi connectivity index (χ1) is 15.4. The van der Waals surface area contributed by atoms with Crippen LogP contribution in [0.1, 0.15) is 46.9 Å². The molecule has 3 aromatic rings. The summed E-state index contributed by atoms with van der Waals surface area (Å²) in [6.45, 7) is 5.42. The molecule has 0 fully saturated rings. The minimum absolute atomic E-state index is 0.0345. The van der Waals surface area contributed by atoms with Gasteiger partial charge in [-0.2, -0.15) is 0 Å². The maximum absolute atomic E-state index is 13.3. The second-order valence-corrected chi connectivity index (χ2v) is 7.82. The summed E-state index contributed by atoms with van der Waals surface area (Å²) < 4.78 is 7.43. The fourth-order valence-electron chi connectivity index (χ4n) is 3.63. The lowest BCUT2D eigenvalue weighted by atomic mass is 10.1. The van der Waals surface area contributed by atoms with Crippen LogP contribution in [0.15, 0.2) is 60.8 Å². The van der Waals surface area contributed by atoms with E-state index in [2.05, 4.69) is 11.5 Å². The monoisotopic (exact) mass is 435 g/mol. The van der Waals surface area contributed by atoms with Gasteiger partial charge in [-0.05, 0) is 49.2 Å². The van der Waals surface area contributed by atoms with Gasteiger partial charge in [-0.3, -0.25) is 14.9 Å². The third-order valence-electron chi connectivity index (χ3n) is 5.49. The summed E-state index contributed by atoms with van der Waals surface area (Å²) in [6.07, 6.45) is 3.80. The van der Waals surface area contributed by atoms with Gasteiger partial charge < -0.3 is 14.2 Å². The minimum atomic E-state index is -0.443. The van der Waals surface area contributed by atoms with Gasteiger partial charge in [0.25, 0.3) is 11.6 Å². The maximum Gasteiger partial charge on any atom is 0.273 e. The molecular weight excluding hydrogens is 406 g/mol. The molecule has 0 N–H and O–H groups in total. The molecule has 0 saturated heterocycles. The highest BCUT2D eigenvalue weighted by Crippen LogP contribution is 2.22. The normalized spacial score (nSPS) is 10.7. The van der Waals surface area contributed by atoms with E-state index in [1.165, 1.54) is 6.07 Å². The Balaban J connectivity index is 1.84. The number of carbonyl (C=O) groups excluding carboxylic acids is 1. The molecule has 0 radical (unpaired) electrons. The Hall–Kier alpha value is -3.61. The van der Waals surface area contributed by atoms with Crippen molar-refractivity contribution in [2.75, 3.05) is 13.7 Å². The number of hydrogen-bond donors (Lipinski definition) is 0. The second kappa shape index (κ2) is 10.6. The van der Waals surface area contributed by atoms with Crippen molar-refractivity contribution in [3.05, 3.63) is 93.3 Å². The van der Waals surface area contributed by atoms with E-state index in [1.807, 2.05) is 42.6 Å². The molecule has 1 aromatic heterocycles. The number of unbranched alkanes of at least 4 members (excludes halogenated alkanes) is 1. The lowest BCUT2D eigenvalue weighted by Gasteiger charge is -2.24. The zero-order valence-corrected chi connectivity index (χ0v) is 18.8. The lowest BCUT2D eigenvalue weighted by Crippen LogP contribution is -2.32. The van der Waals surface area contributed by atoms with Gasteiger partial charge in [0.15, 0.2) is 0 Å². The third-order valence-corrected chi connectivity index (χ3v) is 5.49. The summed E-state index contributed by atoms with van der Waals surface area (Å²) in [7, 11) is 1.65. The van der Waals surface area contributed by atoms with Crippen LogP contribution in [-0.4, -0.2) is 34.0 Å². The zero-order valence-electron chi connectivity index (χ0n) is 18.8. The largest absolute Gasteiger partial charge is 0.497 e. The van der Waals surface area contributed by atoms with Crippen molar-refractivity contribution in [2.24, 2.45) is 0 Å². The Morgan fingerprint density at radius 3 is 2.69 bits per heavy atom. The number of methoxy groups -OCH3 is 1. The standard InChI is InChI=1S/C25H29N3O4/c1-4-5-13-27(25(29)21-12-11-19(2)24(16-21)28(30)31)18-22-9-7-14-26(22)17-20-8-6-10-23(15-20)32-3/h6-12,14-16H,4-5,13,17-18H2,1-3H3. The number of rotatable bonds is 10. The van der Waals surface area contributed by atoms with Crippen molar-refractivity contribution in [2.45, 2.75) is 39.8 Å². The third kappa shape index (κ3) is 5.55. The molecule has 2 aromatic carbocycles. The van der Waals surface area contributed by atoms with Crippen molar-refractivity contribution in [1.29, 1.82) is 0 Å². The fourth-order valence-corrected chi connectivity index (χ4v) is 3.63. The highest BCUT2D eigenvalue weighted by molar-refractivity contribution is 5.95. The molecule has 7 nitrogen and oxygen atoms in total. The SMILES string of the molecule is CCCCN(Cc1cccn1Cc1cccc(OC)c1)C(=O)c1ccc(C)c([N+](=O)[O-])c1. The van der Waals surface area contributed by atoms with E-state index in [-0.39, 0.29) is 11.6 Å². The van der Waals surface area contributed by atoms with E-state index in [9.17, 15) is 14.9 Å². The molecular formula is C25H29N3O4. The number of nitrogens with zero attached hydrogens (tertiary/aromatic N) is 3. The first kappa shape index (κ1) is 23.1. The molecule has 0 spiro atoms. The van der Waals surface area contributed by atoms with Crippen LogP contribution in [0.25, 0.3) is 0 Å². The Morgan fingerprint density at radius 2 is 1.97 bits per heavy atom. The van der Waals surface area contributed by atoms with Gasteiger partial charge in [-0.25, -0.2) is 0 Å². The average Bonchev–Trinajstić information content (AvgIpc) is 3.22. The summed E-state index contributed by atoms with van der Waals surface area (Å²) in [6, 6.07) is 16.6. The van der Waals surface area contributed by atoms with E-state index >= 15 is 0 Å². The molecule has 3 rings (SSSR count). The molecule has 0 atom stereocenters. The summed E-state index contributed by atoms with van der Waals surface area (Å²) >= 11 is 0. The molecule has 168 valence electrons. The molecule has 0 aliphatic heterocycles. The molecule has 7 heteroatoms. The Morgan fingerprint density at radius 1 is 1.16 bits per heavy atom. The lowest BCUT2D eigenvalue weighted by molar-refractivity contribution is -0.385. The Kier molecular flexibility index (Phi) is 7.65. The van der Waals surface area contributed by atoms with Crippen LogP contribution in [0.2, 0.25) is 0 Å². The molecule has 0 bridgehead atoms. The van der Waals surface area contributed by atoms with E-state index in [0.29, 0.717) is 30.8 Å². The van der Waals surface area contributed by atoms with Gasteiger partial charge in [0, 0.05) is 42.2 Å². The highest BCUT2D eigenvalue weighted by atomic mass is 16.6. The predicted octanol–water partition coefficient (Wildman–Crippen LogP) is 5.20. The van der Waals surface area contributed by atoms with Crippen LogP contribution in [-0.2, 0) is 13.1 Å². The highest BCUT2D eigenvalue weighted by Gasteiger charge is 2.21. The van der Waals surface area contributed by atoms with Gasteiger partial charge in [-0.15, -0.1) is 0 Å². The average molecular weight is 436 g/mol. The quantitative estimate of drug-likeness (QED) is 0.324. The van der Waals surface area contributed by atoms with Gasteiger partial charge >= 0.3 is 0 Å². The summed E-state index contributed by atoms with van der Waals surface area (Å²) in [5.41, 5.74) is 2.94. The van der Waals surface area contributed by atoms with Crippen LogP contribution >= 0.6 is 0 Å². The number of hydrogen-bond acceptors (Lipinski definition) is 4. The molecule has 0 aliphatic rings. The fraction of sp³-hybridized carbons (Fsp3) is 0.320. The van der Waals surface area contributed by atoms with Crippen molar-refractivity contribution in [3.63, 3.8) is 0 Å². The maximum atomic E-state index is 13.3. The molecule has 0 saturated carbocycles. The van der Waals surface area contributed by atoms with Crippen LogP contribution in [0, 0.1) is 17.0 Å². The van der Waals surface area contributed by atoms with Crippen LogP contribution in [0.5, 0.6) is 5.75 Å².